The average molecular weight is 554 g/mol. The molecule has 0 N–H and O–H groups in total. The predicted octanol–water partition coefficient (Wildman–Crippen LogP) is 4.83. The van der Waals surface area contributed by atoms with Crippen molar-refractivity contribution in [2.24, 2.45) is 0 Å². The van der Waals surface area contributed by atoms with E-state index in [9.17, 15) is 9.59 Å². The first-order valence-corrected chi connectivity index (χ1v) is 13.0. The highest BCUT2D eigenvalue weighted by Gasteiger charge is 2.25. The second kappa shape index (κ2) is 12.8. The lowest BCUT2D eigenvalue weighted by molar-refractivity contribution is -0.131. The normalized spacial score (nSPS) is 13.6. The number of methoxy groups -OCH3 is 1. The Morgan fingerprint density at radius 2 is 1.82 bits per heavy atom. The van der Waals surface area contributed by atoms with Crippen molar-refractivity contribution in [1.82, 2.24) is 20.0 Å². The van der Waals surface area contributed by atoms with Gasteiger partial charge in [-0.1, -0.05) is 29.3 Å². The molecule has 2 aromatic carbocycles. The first-order chi connectivity index (χ1) is 18.4. The minimum absolute atomic E-state index is 0.0693. The number of hydrogen-bond acceptors (Lipinski definition) is 6. The van der Waals surface area contributed by atoms with Gasteiger partial charge in [-0.3, -0.25) is 9.59 Å². The second-order valence-corrected chi connectivity index (χ2v) is 9.67. The number of ether oxygens (including phenoxy) is 1. The third-order valence-corrected chi connectivity index (χ3v) is 6.88. The number of aromatic nitrogens is 2. The zero-order valence-corrected chi connectivity index (χ0v) is 22.7. The fourth-order valence-electron chi connectivity index (χ4n) is 4.28. The minimum Gasteiger partial charge on any atom is -0.497 e. The van der Waals surface area contributed by atoms with Gasteiger partial charge in [0.15, 0.2) is 5.82 Å². The zero-order valence-electron chi connectivity index (χ0n) is 21.1. The third kappa shape index (κ3) is 6.62. The number of hydrogen-bond donors (Lipinski definition) is 0. The maximum Gasteiger partial charge on any atom is 0.256 e. The monoisotopic (exact) mass is 553 g/mol. The minimum atomic E-state index is -0.344. The van der Waals surface area contributed by atoms with Gasteiger partial charge in [-0.25, -0.2) is 0 Å². The first kappa shape index (κ1) is 27.4. The maximum absolute atomic E-state index is 13.2. The fraction of sp³-hybridized carbons (Fsp3) is 0.286. The molecule has 1 aliphatic heterocycles. The van der Waals surface area contributed by atoms with Crippen LogP contribution < -0.4 is 9.64 Å². The van der Waals surface area contributed by atoms with E-state index < -0.39 is 0 Å². The summed E-state index contributed by atoms with van der Waals surface area (Å²) in [7, 11) is 1.63. The number of rotatable bonds is 8. The Balaban J connectivity index is 1.38. The molecule has 1 aromatic heterocycles. The van der Waals surface area contributed by atoms with Crippen LogP contribution in [0.4, 0.5) is 5.82 Å². The van der Waals surface area contributed by atoms with Gasteiger partial charge in [0.2, 0.25) is 5.91 Å². The molecule has 0 saturated carbocycles. The Labute approximate surface area is 232 Å². The van der Waals surface area contributed by atoms with Gasteiger partial charge >= 0.3 is 0 Å². The summed E-state index contributed by atoms with van der Waals surface area (Å²) in [5.41, 5.74) is 2.02. The summed E-state index contributed by atoms with van der Waals surface area (Å²) in [6, 6.07) is 16.2. The van der Waals surface area contributed by atoms with E-state index in [2.05, 4.69) is 21.7 Å². The molecule has 0 unspecified atom stereocenters. The number of anilines is 1. The van der Waals surface area contributed by atoms with Gasteiger partial charge in [-0.2, -0.15) is 0 Å². The molecule has 4 rings (SSSR count). The van der Waals surface area contributed by atoms with Crippen molar-refractivity contribution in [2.75, 3.05) is 51.3 Å². The predicted molar refractivity (Wildman–Crippen MR) is 150 cm³/mol. The van der Waals surface area contributed by atoms with E-state index in [-0.39, 0.29) is 29.9 Å². The largest absolute Gasteiger partial charge is 0.497 e. The lowest BCUT2D eigenvalue weighted by Crippen LogP contribution is -2.44. The van der Waals surface area contributed by atoms with Crippen molar-refractivity contribution in [2.45, 2.75) is 6.42 Å². The summed E-state index contributed by atoms with van der Waals surface area (Å²) < 4.78 is 5.21. The average Bonchev–Trinajstić information content (AvgIpc) is 3.19. The van der Waals surface area contributed by atoms with Crippen LogP contribution in [0.15, 0.2) is 67.3 Å². The summed E-state index contributed by atoms with van der Waals surface area (Å²) in [4.78, 5) is 31.6. The van der Waals surface area contributed by atoms with E-state index in [4.69, 9.17) is 27.9 Å². The Morgan fingerprint density at radius 1 is 1.03 bits per heavy atom. The molecule has 3 aromatic rings. The Hall–Kier alpha value is -3.62. The van der Waals surface area contributed by atoms with Crippen molar-refractivity contribution >= 4 is 40.8 Å². The number of halogens is 2. The molecule has 0 aliphatic carbocycles. The number of carbonyl (C=O) groups is 2. The molecule has 10 heteroatoms. The standard InChI is InChI=1S/C28H29Cl2N5O3/c1-3-13-35(28(37)23-10-7-21(29)18-24(23)30)19-27(36)34-15-4-14-33(16-17-34)26-12-11-25(31-32-26)20-5-8-22(38-2)9-6-20/h3,5-12,18H,1,4,13-17,19H2,2H3. The second-order valence-electron chi connectivity index (χ2n) is 8.83. The molecule has 1 fully saturated rings. The van der Waals surface area contributed by atoms with Crippen LogP contribution in [0.25, 0.3) is 11.3 Å². The topological polar surface area (TPSA) is 78.9 Å². The zero-order chi connectivity index (χ0) is 27.1. The third-order valence-electron chi connectivity index (χ3n) is 6.33. The smallest absolute Gasteiger partial charge is 0.256 e. The molecular formula is C28H29Cl2N5O3. The Morgan fingerprint density at radius 3 is 2.47 bits per heavy atom. The van der Waals surface area contributed by atoms with E-state index in [1.54, 1.807) is 30.2 Å². The molecule has 38 heavy (non-hydrogen) atoms. The number of carbonyl (C=O) groups excluding carboxylic acids is 2. The first-order valence-electron chi connectivity index (χ1n) is 12.3. The van der Waals surface area contributed by atoms with Crippen molar-refractivity contribution in [3.63, 3.8) is 0 Å². The van der Waals surface area contributed by atoms with E-state index in [1.165, 1.54) is 11.0 Å². The Kier molecular flexibility index (Phi) is 9.20. The highest BCUT2D eigenvalue weighted by molar-refractivity contribution is 6.36. The summed E-state index contributed by atoms with van der Waals surface area (Å²) in [5.74, 6) is 1.07. The van der Waals surface area contributed by atoms with E-state index >= 15 is 0 Å². The Bertz CT molecular complexity index is 1280. The molecule has 198 valence electrons. The quantitative estimate of drug-likeness (QED) is 0.372. The van der Waals surface area contributed by atoms with Gasteiger partial charge < -0.3 is 19.4 Å². The molecule has 8 nitrogen and oxygen atoms in total. The van der Waals surface area contributed by atoms with Gasteiger partial charge in [0.1, 0.15) is 12.3 Å². The van der Waals surface area contributed by atoms with Crippen molar-refractivity contribution in [3.05, 3.63) is 82.9 Å². The van der Waals surface area contributed by atoms with Crippen LogP contribution in [0.5, 0.6) is 5.75 Å². The van der Waals surface area contributed by atoms with Gasteiger partial charge in [0, 0.05) is 43.3 Å². The van der Waals surface area contributed by atoms with Gasteiger partial charge in [0.25, 0.3) is 5.91 Å². The summed E-state index contributed by atoms with van der Waals surface area (Å²) in [6.07, 6.45) is 2.36. The van der Waals surface area contributed by atoms with Crippen molar-refractivity contribution < 1.29 is 14.3 Å². The molecular weight excluding hydrogens is 525 g/mol. The maximum atomic E-state index is 13.2. The van der Waals surface area contributed by atoms with E-state index in [0.29, 0.717) is 30.2 Å². The van der Waals surface area contributed by atoms with Gasteiger partial charge in [-0.05, 0) is 61.0 Å². The highest BCUT2D eigenvalue weighted by atomic mass is 35.5. The summed E-state index contributed by atoms with van der Waals surface area (Å²) >= 11 is 12.2. The van der Waals surface area contributed by atoms with Gasteiger partial charge in [-0.15, -0.1) is 16.8 Å². The van der Waals surface area contributed by atoms with Crippen LogP contribution in [-0.4, -0.2) is 78.2 Å². The lowest BCUT2D eigenvalue weighted by atomic mass is 10.1. The molecule has 2 heterocycles. The molecule has 0 spiro atoms. The number of amides is 2. The molecule has 1 aliphatic rings. The molecule has 1 saturated heterocycles. The number of nitrogens with zero attached hydrogens (tertiary/aromatic N) is 5. The molecule has 0 bridgehead atoms. The molecule has 0 atom stereocenters. The van der Waals surface area contributed by atoms with Crippen LogP contribution in [0.1, 0.15) is 16.8 Å². The summed E-state index contributed by atoms with van der Waals surface area (Å²) in [6.45, 7) is 6.34. The van der Waals surface area contributed by atoms with E-state index in [0.717, 1.165) is 35.8 Å². The highest BCUT2D eigenvalue weighted by Crippen LogP contribution is 2.24. The molecule has 2 amide bonds. The fourth-order valence-corrected chi connectivity index (χ4v) is 4.77. The van der Waals surface area contributed by atoms with Crippen molar-refractivity contribution in [1.29, 1.82) is 0 Å². The van der Waals surface area contributed by atoms with Gasteiger partial charge in [0.05, 0.1) is 23.4 Å². The lowest BCUT2D eigenvalue weighted by Gasteiger charge is -2.26. The van der Waals surface area contributed by atoms with Crippen LogP contribution in [-0.2, 0) is 4.79 Å². The number of benzene rings is 2. The van der Waals surface area contributed by atoms with Crippen molar-refractivity contribution in [3.8, 4) is 17.0 Å². The SMILES string of the molecule is C=CCN(CC(=O)N1CCCN(c2ccc(-c3ccc(OC)cc3)nn2)CC1)C(=O)c1ccc(Cl)cc1Cl. The van der Waals surface area contributed by atoms with Crippen LogP contribution in [0.3, 0.4) is 0 Å². The van der Waals surface area contributed by atoms with Crippen LogP contribution in [0, 0.1) is 0 Å². The van der Waals surface area contributed by atoms with E-state index in [1.807, 2.05) is 36.4 Å². The van der Waals surface area contributed by atoms with Crippen LogP contribution >= 0.6 is 23.2 Å². The molecule has 0 radical (unpaired) electrons. The summed E-state index contributed by atoms with van der Waals surface area (Å²) in [5, 5.41) is 9.51. The van der Waals surface area contributed by atoms with Crippen LogP contribution in [0.2, 0.25) is 10.0 Å².